The van der Waals surface area contributed by atoms with Crippen molar-refractivity contribution in [3.8, 4) is 0 Å². The summed E-state index contributed by atoms with van der Waals surface area (Å²) in [6.07, 6.45) is 4.08. The quantitative estimate of drug-likeness (QED) is 0.228. The van der Waals surface area contributed by atoms with E-state index in [-0.39, 0.29) is 15.5 Å². The molecule has 2 heterocycles. The Morgan fingerprint density at radius 1 is 0.706 bits per heavy atom. The summed E-state index contributed by atoms with van der Waals surface area (Å²) in [5.74, 6) is 0.658. The van der Waals surface area contributed by atoms with Crippen molar-refractivity contribution < 1.29 is 0 Å². The van der Waals surface area contributed by atoms with E-state index >= 15 is 0 Å². The summed E-state index contributed by atoms with van der Waals surface area (Å²) >= 11 is 0. The van der Waals surface area contributed by atoms with E-state index in [9.17, 15) is 0 Å². The van der Waals surface area contributed by atoms with Crippen LogP contribution in [0.5, 0.6) is 0 Å². The van der Waals surface area contributed by atoms with Gasteiger partial charge in [-0.15, -0.1) is 0 Å². The molecule has 0 amide bonds. The molecule has 0 aromatic heterocycles. The van der Waals surface area contributed by atoms with Crippen LogP contribution in [0.4, 0.5) is 0 Å². The van der Waals surface area contributed by atoms with Crippen molar-refractivity contribution in [2.24, 2.45) is 0 Å². The van der Waals surface area contributed by atoms with Crippen LogP contribution in [0.25, 0.3) is 21.5 Å². The van der Waals surface area contributed by atoms with Gasteiger partial charge in [-0.25, -0.2) is 0 Å². The number of benzene rings is 4. The Bertz CT molecular complexity index is 1510. The molecule has 0 saturated carbocycles. The SMILES string of the molecule is CC(C)(C)P12(C(C)(C)C)CCCC3c4ccc5ccccc5c4C31c1ccc3ccccc3c12. The van der Waals surface area contributed by atoms with Gasteiger partial charge < -0.3 is 0 Å². The Morgan fingerprint density at radius 3 is 1.97 bits per heavy atom. The first-order valence-corrected chi connectivity index (χ1v) is 15.6. The number of fused-ring (bicyclic) bond motifs is 8. The van der Waals surface area contributed by atoms with Crippen molar-refractivity contribution >= 4 is 33.5 Å². The molecule has 1 heteroatoms. The minimum atomic E-state index is -2.60. The van der Waals surface area contributed by atoms with Gasteiger partial charge in [0.05, 0.1) is 0 Å². The van der Waals surface area contributed by atoms with Crippen LogP contribution in [-0.2, 0) is 5.16 Å². The van der Waals surface area contributed by atoms with Gasteiger partial charge in [0.1, 0.15) is 0 Å². The first kappa shape index (κ1) is 21.1. The average Bonchev–Trinajstić information content (AvgIpc) is 2.76. The van der Waals surface area contributed by atoms with E-state index in [0.717, 1.165) is 0 Å². The van der Waals surface area contributed by atoms with E-state index in [1.54, 1.807) is 27.4 Å². The molecular formula is C33H37P. The summed E-state index contributed by atoms with van der Waals surface area (Å²) in [4.78, 5) is 0. The van der Waals surface area contributed by atoms with E-state index in [1.807, 2.05) is 0 Å². The van der Waals surface area contributed by atoms with E-state index in [0.29, 0.717) is 5.92 Å². The van der Waals surface area contributed by atoms with Gasteiger partial charge in [-0.1, -0.05) is 0 Å². The first-order chi connectivity index (χ1) is 16.1. The van der Waals surface area contributed by atoms with Crippen molar-refractivity contribution in [1.29, 1.82) is 0 Å². The van der Waals surface area contributed by atoms with Gasteiger partial charge in [0.25, 0.3) is 0 Å². The topological polar surface area (TPSA) is 0 Å². The number of hydrogen-bond acceptors (Lipinski definition) is 0. The van der Waals surface area contributed by atoms with E-state index in [1.165, 1.54) is 35.2 Å². The summed E-state index contributed by atoms with van der Waals surface area (Å²) in [5, 5.41) is 8.31. The monoisotopic (exact) mass is 464 g/mol. The van der Waals surface area contributed by atoms with Gasteiger partial charge in [-0.05, 0) is 0 Å². The second-order valence-corrected chi connectivity index (χ2v) is 20.2. The normalized spacial score (nSPS) is 27.2. The molecule has 7 rings (SSSR count). The molecule has 2 atom stereocenters. The molecule has 4 aromatic rings. The van der Waals surface area contributed by atoms with Gasteiger partial charge in [0.15, 0.2) is 0 Å². The molecule has 0 N–H and O–H groups in total. The van der Waals surface area contributed by atoms with Crippen LogP contribution in [0, 0.1) is 0 Å². The number of hydrogen-bond donors (Lipinski definition) is 0. The van der Waals surface area contributed by atoms with Crippen molar-refractivity contribution in [3.05, 3.63) is 89.5 Å². The predicted octanol–water partition coefficient (Wildman–Crippen LogP) is 8.92. The van der Waals surface area contributed by atoms with Crippen LogP contribution in [0.3, 0.4) is 0 Å². The summed E-state index contributed by atoms with van der Waals surface area (Å²) in [7, 11) is 0. The maximum absolute atomic E-state index is 2.62. The molecule has 1 spiro atoms. The fourth-order valence-corrected chi connectivity index (χ4v) is 22.7. The van der Waals surface area contributed by atoms with Crippen molar-refractivity contribution in [3.63, 3.8) is 0 Å². The van der Waals surface area contributed by atoms with Crippen LogP contribution in [0.15, 0.2) is 72.8 Å². The zero-order valence-electron chi connectivity index (χ0n) is 21.6. The van der Waals surface area contributed by atoms with Crippen LogP contribution < -0.4 is 5.30 Å². The molecule has 2 unspecified atom stereocenters. The van der Waals surface area contributed by atoms with Crippen molar-refractivity contribution in [1.82, 2.24) is 0 Å². The van der Waals surface area contributed by atoms with Crippen LogP contribution in [-0.4, -0.2) is 16.5 Å². The number of rotatable bonds is 0. The molecule has 174 valence electrons. The molecule has 34 heavy (non-hydrogen) atoms. The van der Waals surface area contributed by atoms with Crippen molar-refractivity contribution in [2.75, 3.05) is 6.16 Å². The zero-order valence-corrected chi connectivity index (χ0v) is 22.5. The van der Waals surface area contributed by atoms with Crippen LogP contribution in [0.2, 0.25) is 0 Å². The molecule has 2 aliphatic heterocycles. The van der Waals surface area contributed by atoms with E-state index in [4.69, 9.17) is 0 Å². The van der Waals surface area contributed by atoms with Gasteiger partial charge in [0, 0.05) is 0 Å². The average molecular weight is 465 g/mol. The van der Waals surface area contributed by atoms with Gasteiger partial charge in [0.2, 0.25) is 0 Å². The third-order valence-electron chi connectivity index (χ3n) is 10.9. The molecular weight excluding hydrogens is 427 g/mol. The Balaban J connectivity index is 1.78. The van der Waals surface area contributed by atoms with Crippen LogP contribution >= 0.6 is 6.60 Å². The van der Waals surface area contributed by atoms with E-state index < -0.39 is 6.60 Å². The third-order valence-corrected chi connectivity index (χ3v) is 21.8. The zero-order chi connectivity index (χ0) is 23.7. The molecule has 1 fully saturated rings. The molecule has 0 radical (unpaired) electrons. The van der Waals surface area contributed by atoms with E-state index in [2.05, 4.69) is 114 Å². The Labute approximate surface area is 204 Å². The minimum absolute atomic E-state index is 0.190. The molecule has 1 aliphatic carbocycles. The third kappa shape index (κ3) is 1.73. The van der Waals surface area contributed by atoms with Crippen LogP contribution in [0.1, 0.15) is 77.0 Å². The molecule has 0 bridgehead atoms. The fourth-order valence-electron chi connectivity index (χ4n) is 10.4. The molecule has 0 nitrogen and oxygen atoms in total. The predicted molar refractivity (Wildman–Crippen MR) is 152 cm³/mol. The second kappa shape index (κ2) is 5.96. The second-order valence-electron chi connectivity index (χ2n) is 13.3. The summed E-state index contributed by atoms with van der Waals surface area (Å²) < 4.78 is 0. The Hall–Kier alpha value is -2.17. The van der Waals surface area contributed by atoms with Gasteiger partial charge >= 0.3 is 205 Å². The molecule has 1 saturated heterocycles. The standard InChI is InChI=1S/C33H37P/c1-31(2,3)34(32(4,5)6)21-11-16-27-26-19-17-22-12-7-9-14-24(22)29(26)33(27,34)28-20-18-23-13-8-10-15-25(23)30(28)34/h7-10,12-15,17-20,27H,11,16,21H2,1-6H3. The van der Waals surface area contributed by atoms with Gasteiger partial charge in [-0.2, -0.15) is 0 Å². The summed E-state index contributed by atoms with van der Waals surface area (Å²) in [6.45, 7) is 13.1. The van der Waals surface area contributed by atoms with Gasteiger partial charge in [-0.3, -0.25) is 0 Å². The summed E-state index contributed by atoms with van der Waals surface area (Å²) in [5.41, 5.74) is 5.04. The fraction of sp³-hybridized carbons (Fsp3) is 0.394. The molecule has 3 aliphatic rings. The molecule has 4 aromatic carbocycles. The maximum atomic E-state index is 2.62. The first-order valence-electron chi connectivity index (χ1n) is 13.2. The Kier molecular flexibility index (Phi) is 3.71. The Morgan fingerprint density at radius 2 is 1.29 bits per heavy atom. The summed E-state index contributed by atoms with van der Waals surface area (Å²) in [6, 6.07) is 28.4. The van der Waals surface area contributed by atoms with Crippen molar-refractivity contribution in [2.45, 2.75) is 75.8 Å².